The number of carbonyl (C=O) groups is 3. The molecule has 2 amide bonds. The molecular formula is C42H47N3O8. The van der Waals surface area contributed by atoms with Crippen LogP contribution in [0.4, 0.5) is 0 Å². The molecule has 1 fully saturated rings. The van der Waals surface area contributed by atoms with Gasteiger partial charge in [0.25, 0.3) is 11.8 Å². The summed E-state index contributed by atoms with van der Waals surface area (Å²) in [5, 5.41) is 5.93. The topological polar surface area (TPSA) is 125 Å². The number of nitrogens with zero attached hydrogens (tertiary/aromatic N) is 1. The lowest BCUT2D eigenvalue weighted by atomic mass is 10.1. The number of carbonyl (C=O) groups excluding carboxylic acids is 3. The van der Waals surface area contributed by atoms with Gasteiger partial charge in [-0.1, -0.05) is 67.1 Å². The highest BCUT2D eigenvalue weighted by molar-refractivity contribution is 5.97. The van der Waals surface area contributed by atoms with E-state index >= 15 is 0 Å². The van der Waals surface area contributed by atoms with Gasteiger partial charge in [0.1, 0.15) is 49.4 Å². The standard InChI is InChI=1S/C42H47N3O8/c46-40(26-45-24-12-1-13-25-45)53-33-29-51-36-18-6-2-14-31(36)27-49-38-20-8-4-16-34(38)41(47)43-22-10-11-23-44-42(48)35-17-5-9-21-39(35)50-28-32-15-3-7-19-37(32)52-30-33/h2-9,14-21,33H,1,10-13,22-30H2,(H,43,47)(H,44,48). The van der Waals surface area contributed by atoms with Gasteiger partial charge in [-0.05, 0) is 75.2 Å². The van der Waals surface area contributed by atoms with Crippen LogP contribution in [-0.4, -0.2) is 74.7 Å². The number of amides is 2. The molecule has 0 aliphatic carbocycles. The maximum atomic E-state index is 13.2. The lowest BCUT2D eigenvalue weighted by Gasteiger charge is -2.26. The van der Waals surface area contributed by atoms with Gasteiger partial charge in [-0.15, -0.1) is 0 Å². The average Bonchev–Trinajstić information content (AvgIpc) is 3.19. The third-order valence-corrected chi connectivity index (χ3v) is 9.10. The normalized spacial score (nSPS) is 17.1. The van der Waals surface area contributed by atoms with Gasteiger partial charge < -0.3 is 34.3 Å². The molecule has 6 rings (SSSR count). The van der Waals surface area contributed by atoms with Gasteiger partial charge in [-0.2, -0.15) is 0 Å². The van der Waals surface area contributed by atoms with Crippen LogP contribution in [0, 0.1) is 0 Å². The van der Waals surface area contributed by atoms with Crippen LogP contribution in [0.1, 0.15) is 63.9 Å². The van der Waals surface area contributed by atoms with E-state index in [9.17, 15) is 14.4 Å². The minimum absolute atomic E-state index is 0.0307. The number of fused-ring (bicyclic) bond motifs is 4. The molecule has 0 bridgehead atoms. The largest absolute Gasteiger partial charge is 0.489 e. The molecule has 1 saturated heterocycles. The molecule has 53 heavy (non-hydrogen) atoms. The Hall–Kier alpha value is -5.55. The molecular weight excluding hydrogens is 674 g/mol. The molecule has 278 valence electrons. The predicted octanol–water partition coefficient (Wildman–Crippen LogP) is 5.95. The van der Waals surface area contributed by atoms with E-state index in [1.807, 2.05) is 60.7 Å². The summed E-state index contributed by atoms with van der Waals surface area (Å²) in [7, 11) is 0. The fourth-order valence-corrected chi connectivity index (χ4v) is 6.25. The van der Waals surface area contributed by atoms with E-state index in [1.165, 1.54) is 6.42 Å². The van der Waals surface area contributed by atoms with Crippen LogP contribution in [0.5, 0.6) is 23.0 Å². The zero-order chi connectivity index (χ0) is 36.7. The van der Waals surface area contributed by atoms with E-state index in [-0.39, 0.29) is 50.8 Å². The molecule has 0 saturated carbocycles. The zero-order valence-corrected chi connectivity index (χ0v) is 29.9. The Morgan fingerprint density at radius 1 is 0.585 bits per heavy atom. The van der Waals surface area contributed by atoms with Gasteiger partial charge in [0.2, 0.25) is 0 Å². The van der Waals surface area contributed by atoms with E-state index in [2.05, 4.69) is 15.5 Å². The maximum absolute atomic E-state index is 13.2. The Morgan fingerprint density at radius 2 is 1.04 bits per heavy atom. The monoisotopic (exact) mass is 721 g/mol. The van der Waals surface area contributed by atoms with Crippen LogP contribution in [0.25, 0.3) is 0 Å². The third-order valence-electron chi connectivity index (χ3n) is 9.10. The first kappa shape index (κ1) is 37.2. The molecule has 0 spiro atoms. The highest BCUT2D eigenvalue weighted by atomic mass is 16.6. The number of nitrogens with one attached hydrogen (secondary N) is 2. The van der Waals surface area contributed by atoms with Crippen molar-refractivity contribution >= 4 is 17.8 Å². The number of ether oxygens (including phenoxy) is 5. The Bertz CT molecular complexity index is 1710. The molecule has 2 aliphatic rings. The van der Waals surface area contributed by atoms with E-state index in [0.29, 0.717) is 60.1 Å². The molecule has 2 heterocycles. The fraction of sp³-hybridized carbons (Fsp3) is 0.357. The van der Waals surface area contributed by atoms with Crippen molar-refractivity contribution < 1.29 is 38.1 Å². The molecule has 4 aromatic rings. The molecule has 0 radical (unpaired) electrons. The highest BCUT2D eigenvalue weighted by Gasteiger charge is 2.22. The van der Waals surface area contributed by atoms with Crippen molar-refractivity contribution in [2.75, 3.05) is 45.9 Å². The maximum Gasteiger partial charge on any atom is 0.320 e. The first-order valence-corrected chi connectivity index (χ1v) is 18.4. The van der Waals surface area contributed by atoms with Gasteiger partial charge in [0, 0.05) is 24.2 Å². The van der Waals surface area contributed by atoms with Crippen LogP contribution in [-0.2, 0) is 22.7 Å². The van der Waals surface area contributed by atoms with Gasteiger partial charge >= 0.3 is 5.97 Å². The number of para-hydroxylation sites is 4. The first-order valence-electron chi connectivity index (χ1n) is 18.4. The molecule has 0 atom stereocenters. The second kappa shape index (κ2) is 19.3. The Kier molecular flexibility index (Phi) is 13.6. The molecule has 2 aliphatic heterocycles. The molecule has 11 heteroatoms. The minimum Gasteiger partial charge on any atom is -0.489 e. The zero-order valence-electron chi connectivity index (χ0n) is 29.9. The van der Waals surface area contributed by atoms with E-state index < -0.39 is 6.10 Å². The van der Waals surface area contributed by atoms with Gasteiger partial charge in [0.15, 0.2) is 6.10 Å². The highest BCUT2D eigenvalue weighted by Crippen LogP contribution is 2.26. The summed E-state index contributed by atoms with van der Waals surface area (Å²) in [6.07, 6.45) is 3.89. The smallest absolute Gasteiger partial charge is 0.320 e. The van der Waals surface area contributed by atoms with Crippen molar-refractivity contribution in [2.45, 2.75) is 51.4 Å². The van der Waals surface area contributed by atoms with Crippen LogP contribution >= 0.6 is 0 Å². The van der Waals surface area contributed by atoms with Crippen LogP contribution in [0.3, 0.4) is 0 Å². The quantitative estimate of drug-likeness (QED) is 0.247. The van der Waals surface area contributed by atoms with E-state index in [0.717, 1.165) is 37.1 Å². The van der Waals surface area contributed by atoms with Crippen LogP contribution < -0.4 is 29.6 Å². The second-order valence-electron chi connectivity index (χ2n) is 13.1. The lowest BCUT2D eigenvalue weighted by molar-refractivity contribution is -0.153. The summed E-state index contributed by atoms with van der Waals surface area (Å²) in [4.78, 5) is 41.6. The van der Waals surface area contributed by atoms with Crippen LogP contribution in [0.15, 0.2) is 97.1 Å². The molecule has 2 N–H and O–H groups in total. The summed E-state index contributed by atoms with van der Waals surface area (Å²) < 4.78 is 30.9. The Morgan fingerprint density at radius 3 is 1.55 bits per heavy atom. The Labute approximate surface area is 310 Å². The number of rotatable bonds is 3. The van der Waals surface area contributed by atoms with Crippen molar-refractivity contribution in [1.82, 2.24) is 15.5 Å². The minimum atomic E-state index is -0.737. The number of hydrogen-bond acceptors (Lipinski definition) is 9. The van der Waals surface area contributed by atoms with E-state index in [1.54, 1.807) is 36.4 Å². The number of piperidine rings is 1. The van der Waals surface area contributed by atoms with Crippen molar-refractivity contribution in [1.29, 1.82) is 0 Å². The van der Waals surface area contributed by atoms with E-state index in [4.69, 9.17) is 23.7 Å². The summed E-state index contributed by atoms with van der Waals surface area (Å²) in [6.45, 7) is 3.15. The first-order chi connectivity index (χ1) is 26.0. The number of hydrogen-bond donors (Lipinski definition) is 2. The van der Waals surface area contributed by atoms with Crippen molar-refractivity contribution in [3.8, 4) is 23.0 Å². The van der Waals surface area contributed by atoms with Gasteiger partial charge in [-0.3, -0.25) is 19.3 Å². The molecule has 4 aromatic carbocycles. The lowest BCUT2D eigenvalue weighted by Crippen LogP contribution is -2.39. The fourth-order valence-electron chi connectivity index (χ4n) is 6.25. The number of likely N-dealkylation sites (tertiary alicyclic amines) is 1. The summed E-state index contributed by atoms with van der Waals surface area (Å²) in [6, 6.07) is 29.1. The number of esters is 1. The van der Waals surface area contributed by atoms with Gasteiger partial charge in [0.05, 0.1) is 17.7 Å². The van der Waals surface area contributed by atoms with Crippen LogP contribution in [0.2, 0.25) is 0 Å². The summed E-state index contributed by atoms with van der Waals surface area (Å²) in [5.74, 6) is 1.17. The second-order valence-corrected chi connectivity index (χ2v) is 13.1. The number of benzene rings is 4. The summed E-state index contributed by atoms with van der Waals surface area (Å²) in [5.41, 5.74) is 2.36. The predicted molar refractivity (Wildman–Crippen MR) is 199 cm³/mol. The molecule has 0 aromatic heterocycles. The average molecular weight is 722 g/mol. The summed E-state index contributed by atoms with van der Waals surface area (Å²) >= 11 is 0. The third kappa shape index (κ3) is 11.0. The van der Waals surface area contributed by atoms with Crippen molar-refractivity contribution in [3.63, 3.8) is 0 Å². The van der Waals surface area contributed by atoms with Gasteiger partial charge in [-0.25, -0.2) is 0 Å². The molecule has 11 nitrogen and oxygen atoms in total. The molecule has 0 unspecified atom stereocenters. The van der Waals surface area contributed by atoms with Crippen molar-refractivity contribution in [3.05, 3.63) is 119 Å². The Balaban J connectivity index is 1.23. The SMILES string of the molecule is O=C(CN1CCCCC1)OC1COc2ccccc2COc2ccccc2C(=O)NCCCCNC(=O)c2ccccc2OCc2ccccc2OC1. The van der Waals surface area contributed by atoms with Crippen molar-refractivity contribution in [2.24, 2.45) is 0 Å².